The van der Waals surface area contributed by atoms with E-state index in [1.165, 1.54) is 19.2 Å². The van der Waals surface area contributed by atoms with Gasteiger partial charge in [-0.3, -0.25) is 4.98 Å². The molecule has 5 aromatic rings. The minimum Gasteiger partial charge on any atom is -0.493 e. The number of nitrogens with zero attached hydrogens (tertiary/aromatic N) is 4. The molecule has 0 radical (unpaired) electrons. The van der Waals surface area contributed by atoms with Gasteiger partial charge >= 0.3 is 11.7 Å². The maximum absolute atomic E-state index is 13.0. The first-order valence-electron chi connectivity index (χ1n) is 11.8. The van der Waals surface area contributed by atoms with Gasteiger partial charge < -0.3 is 24.4 Å². The summed E-state index contributed by atoms with van der Waals surface area (Å²) in [5.74, 6) is 1.04. The van der Waals surface area contributed by atoms with Crippen molar-refractivity contribution in [1.29, 1.82) is 0 Å². The van der Waals surface area contributed by atoms with Gasteiger partial charge in [-0.2, -0.15) is 9.67 Å². The minimum absolute atomic E-state index is 0.0550. The van der Waals surface area contributed by atoms with Gasteiger partial charge in [-0.05, 0) is 54.1 Å². The second kappa shape index (κ2) is 10.5. The summed E-state index contributed by atoms with van der Waals surface area (Å²) in [4.78, 5) is 31.8. The Hall–Kier alpha value is -5.39. The van der Waals surface area contributed by atoms with Crippen LogP contribution in [0.3, 0.4) is 0 Å². The van der Waals surface area contributed by atoms with Crippen molar-refractivity contribution in [1.82, 2.24) is 24.9 Å². The maximum atomic E-state index is 13.0. The van der Waals surface area contributed by atoms with Crippen LogP contribution in [0.4, 0.5) is 5.69 Å². The smallest absolute Gasteiger partial charge is 0.348 e. The third kappa shape index (κ3) is 5.07. The Kier molecular flexibility index (Phi) is 6.83. The summed E-state index contributed by atoms with van der Waals surface area (Å²) < 4.78 is 17.0. The van der Waals surface area contributed by atoms with Crippen molar-refractivity contribution in [3.63, 3.8) is 0 Å². The van der Waals surface area contributed by atoms with Gasteiger partial charge in [0.25, 0.3) is 0 Å². The van der Waals surface area contributed by atoms with Crippen LogP contribution in [0.2, 0.25) is 0 Å². The van der Waals surface area contributed by atoms with E-state index in [9.17, 15) is 14.7 Å². The maximum Gasteiger partial charge on any atom is 0.348 e. The van der Waals surface area contributed by atoms with Gasteiger partial charge in [0.15, 0.2) is 17.3 Å². The minimum atomic E-state index is -1.17. The average Bonchev–Trinajstić information content (AvgIpc) is 3.56. The molecule has 0 aliphatic rings. The Morgan fingerprint density at radius 1 is 1.05 bits per heavy atom. The number of aromatic amines is 1. The number of anilines is 1. The van der Waals surface area contributed by atoms with Gasteiger partial charge in [-0.15, -0.1) is 5.10 Å². The molecule has 0 aliphatic heterocycles. The van der Waals surface area contributed by atoms with Gasteiger partial charge in [0.2, 0.25) is 11.7 Å². The van der Waals surface area contributed by atoms with Gasteiger partial charge in [0.05, 0.1) is 25.5 Å². The number of carbonyl (C=O) groups is 1. The molecule has 5 rings (SSSR count). The molecule has 39 heavy (non-hydrogen) atoms. The topological polar surface area (TPSA) is 157 Å². The van der Waals surface area contributed by atoms with Crippen molar-refractivity contribution in [3.05, 3.63) is 100 Å². The fourth-order valence-electron chi connectivity index (χ4n) is 4.11. The SMILES string of the molecule is COc1ccc(C(Nc2ccc(-c3noc(C)n3)cc2)c2nn(-c3ccccc3C(=O)O)c(=O)[nH]2)cc1OC. The lowest BCUT2D eigenvalue weighted by molar-refractivity contribution is 0.0696. The fourth-order valence-corrected chi connectivity index (χ4v) is 4.11. The van der Waals surface area contributed by atoms with Gasteiger partial charge in [-0.25, -0.2) is 9.59 Å². The van der Waals surface area contributed by atoms with Gasteiger partial charge in [0, 0.05) is 18.2 Å². The molecular formula is C27H24N6O6. The second-order valence-electron chi connectivity index (χ2n) is 8.46. The van der Waals surface area contributed by atoms with E-state index in [0.29, 0.717) is 34.5 Å². The summed E-state index contributed by atoms with van der Waals surface area (Å²) in [7, 11) is 3.07. The molecule has 2 aromatic heterocycles. The molecule has 0 spiro atoms. The molecule has 0 amide bonds. The monoisotopic (exact) mass is 528 g/mol. The number of rotatable bonds is 9. The summed E-state index contributed by atoms with van der Waals surface area (Å²) in [5.41, 5.74) is 1.68. The van der Waals surface area contributed by atoms with E-state index in [0.717, 1.165) is 10.2 Å². The third-order valence-corrected chi connectivity index (χ3v) is 5.99. The highest BCUT2D eigenvalue weighted by molar-refractivity contribution is 5.91. The van der Waals surface area contributed by atoms with E-state index in [1.807, 2.05) is 30.3 Å². The molecule has 0 saturated carbocycles. The predicted molar refractivity (Wildman–Crippen MR) is 141 cm³/mol. The molecule has 198 valence electrons. The van der Waals surface area contributed by atoms with Crippen molar-refractivity contribution in [2.75, 3.05) is 19.5 Å². The third-order valence-electron chi connectivity index (χ3n) is 5.99. The average molecular weight is 529 g/mol. The van der Waals surface area contributed by atoms with Crippen LogP contribution < -0.4 is 20.5 Å². The molecule has 0 saturated heterocycles. The van der Waals surface area contributed by atoms with E-state index in [1.54, 1.807) is 38.3 Å². The zero-order valence-corrected chi connectivity index (χ0v) is 21.2. The Balaban J connectivity index is 1.57. The van der Waals surface area contributed by atoms with Gasteiger partial charge in [-0.1, -0.05) is 23.4 Å². The highest BCUT2D eigenvalue weighted by atomic mass is 16.5. The molecule has 12 heteroatoms. The van der Waals surface area contributed by atoms with Crippen LogP contribution in [-0.4, -0.2) is 50.2 Å². The Labute approximate surface area is 221 Å². The molecule has 1 atom stereocenters. The fraction of sp³-hybridized carbons (Fsp3) is 0.148. The summed E-state index contributed by atoms with van der Waals surface area (Å²) in [6, 6.07) is 18.2. The van der Waals surface area contributed by atoms with E-state index >= 15 is 0 Å². The van der Waals surface area contributed by atoms with E-state index in [2.05, 4.69) is 25.5 Å². The molecule has 0 bridgehead atoms. The van der Waals surface area contributed by atoms with Crippen molar-refractivity contribution in [2.24, 2.45) is 0 Å². The first-order valence-corrected chi connectivity index (χ1v) is 11.8. The summed E-state index contributed by atoms with van der Waals surface area (Å²) >= 11 is 0. The Bertz CT molecular complexity index is 1690. The van der Waals surface area contributed by atoms with Crippen LogP contribution in [-0.2, 0) is 0 Å². The Morgan fingerprint density at radius 2 is 1.79 bits per heavy atom. The summed E-state index contributed by atoms with van der Waals surface area (Å²) in [6.07, 6.45) is 0. The highest BCUT2D eigenvalue weighted by Gasteiger charge is 2.23. The van der Waals surface area contributed by atoms with Crippen molar-refractivity contribution in [2.45, 2.75) is 13.0 Å². The van der Waals surface area contributed by atoms with Crippen LogP contribution in [0.1, 0.15) is 33.7 Å². The number of aromatic carboxylic acids is 1. The number of methoxy groups -OCH3 is 2. The number of para-hydroxylation sites is 1. The molecule has 0 aliphatic carbocycles. The normalized spacial score (nSPS) is 11.7. The van der Waals surface area contributed by atoms with Crippen LogP contribution in [0.25, 0.3) is 17.1 Å². The number of hydrogen-bond acceptors (Lipinski definition) is 9. The lowest BCUT2D eigenvalue weighted by atomic mass is 10.0. The van der Waals surface area contributed by atoms with Crippen LogP contribution in [0.5, 0.6) is 11.5 Å². The van der Waals surface area contributed by atoms with Crippen molar-refractivity contribution in [3.8, 4) is 28.6 Å². The van der Waals surface area contributed by atoms with Crippen molar-refractivity contribution >= 4 is 11.7 Å². The number of H-pyrrole nitrogens is 1. The number of ether oxygens (including phenoxy) is 2. The van der Waals surface area contributed by atoms with Crippen LogP contribution >= 0.6 is 0 Å². The number of aryl methyl sites for hydroxylation is 1. The lowest BCUT2D eigenvalue weighted by Gasteiger charge is -2.20. The zero-order chi connectivity index (χ0) is 27.5. The van der Waals surface area contributed by atoms with Gasteiger partial charge in [0.1, 0.15) is 6.04 Å². The largest absolute Gasteiger partial charge is 0.493 e. The van der Waals surface area contributed by atoms with Crippen molar-refractivity contribution < 1.29 is 23.9 Å². The number of hydrogen-bond donors (Lipinski definition) is 3. The number of nitrogens with one attached hydrogen (secondary N) is 2. The zero-order valence-electron chi connectivity index (χ0n) is 21.2. The number of carboxylic acid groups (broad SMARTS) is 1. The first kappa shape index (κ1) is 25.3. The molecular weight excluding hydrogens is 504 g/mol. The lowest BCUT2D eigenvalue weighted by Crippen LogP contribution is -2.18. The molecule has 12 nitrogen and oxygen atoms in total. The van der Waals surface area contributed by atoms with E-state index in [-0.39, 0.29) is 17.1 Å². The predicted octanol–water partition coefficient (Wildman–Crippen LogP) is 3.84. The second-order valence-corrected chi connectivity index (χ2v) is 8.46. The quantitative estimate of drug-likeness (QED) is 0.257. The molecule has 3 aromatic carbocycles. The summed E-state index contributed by atoms with van der Waals surface area (Å²) in [6.45, 7) is 1.72. The van der Waals surface area contributed by atoms with Crippen LogP contribution in [0, 0.1) is 6.92 Å². The molecule has 2 heterocycles. The number of benzene rings is 3. The van der Waals surface area contributed by atoms with Crippen LogP contribution in [0.15, 0.2) is 76.0 Å². The molecule has 1 unspecified atom stereocenters. The molecule has 3 N–H and O–H groups in total. The highest BCUT2D eigenvalue weighted by Crippen LogP contribution is 2.33. The van der Waals surface area contributed by atoms with E-state index < -0.39 is 17.7 Å². The standard InChI is InChI=1S/C27H24N6O6/c1-15-28-24(32-39-15)16-8-11-18(12-9-16)29-23(17-10-13-21(37-2)22(14-17)38-3)25-30-27(36)33(31-25)20-7-5-4-6-19(20)26(34)35/h4-14,23,29H,1-3H3,(H,34,35)(H,30,31,36). The number of carboxylic acids is 1. The summed E-state index contributed by atoms with van der Waals surface area (Å²) in [5, 5.41) is 21.4. The molecule has 0 fully saturated rings. The first-order chi connectivity index (χ1) is 18.9. The van der Waals surface area contributed by atoms with E-state index in [4.69, 9.17) is 14.0 Å². The number of aromatic nitrogens is 5. The Morgan fingerprint density at radius 3 is 2.46 bits per heavy atom.